The summed E-state index contributed by atoms with van der Waals surface area (Å²) in [7, 11) is 0.812. The van der Waals surface area contributed by atoms with E-state index in [2.05, 4.69) is 39.0 Å². The van der Waals surface area contributed by atoms with Crippen LogP contribution in [0.25, 0.3) is 0 Å². The van der Waals surface area contributed by atoms with Gasteiger partial charge < -0.3 is 4.43 Å². The molecule has 0 aliphatic rings. The highest BCUT2D eigenvalue weighted by Gasteiger charge is 2.10. The summed E-state index contributed by atoms with van der Waals surface area (Å²) in [4.78, 5) is 0. The van der Waals surface area contributed by atoms with Gasteiger partial charge in [-0.25, -0.2) is 0 Å². The second kappa shape index (κ2) is 4.58. The molecule has 0 fully saturated rings. The van der Waals surface area contributed by atoms with E-state index in [0.717, 1.165) is 16.9 Å². The normalized spacial score (nSPS) is 13.2. The molecular formula is C11H18OSi. The van der Waals surface area contributed by atoms with Gasteiger partial charge >= 0.3 is 0 Å². The number of aryl methyl sites for hydroxylation is 1. The molecule has 1 aromatic carbocycles. The van der Waals surface area contributed by atoms with Crippen molar-refractivity contribution in [1.82, 2.24) is 0 Å². The SMILES string of the molecule is CCC(O[SiH3])c1cccc(C)c1C. The van der Waals surface area contributed by atoms with Crippen molar-refractivity contribution in [2.45, 2.75) is 33.3 Å². The maximum Gasteiger partial charge on any atom is 0.146 e. The van der Waals surface area contributed by atoms with Crippen molar-refractivity contribution < 1.29 is 4.43 Å². The molecule has 1 nitrogen and oxygen atoms in total. The zero-order valence-corrected chi connectivity index (χ0v) is 10.9. The minimum absolute atomic E-state index is 0.312. The van der Waals surface area contributed by atoms with Crippen LogP contribution < -0.4 is 0 Å². The van der Waals surface area contributed by atoms with E-state index in [1.807, 2.05) is 0 Å². The van der Waals surface area contributed by atoms with Gasteiger partial charge in [0.15, 0.2) is 0 Å². The van der Waals surface area contributed by atoms with Crippen molar-refractivity contribution in [3.63, 3.8) is 0 Å². The van der Waals surface area contributed by atoms with E-state index in [9.17, 15) is 0 Å². The van der Waals surface area contributed by atoms with E-state index in [1.54, 1.807) is 0 Å². The van der Waals surface area contributed by atoms with Crippen molar-refractivity contribution in [3.8, 4) is 0 Å². The van der Waals surface area contributed by atoms with Crippen LogP contribution in [0, 0.1) is 13.8 Å². The molecule has 0 aliphatic carbocycles. The molecule has 13 heavy (non-hydrogen) atoms. The van der Waals surface area contributed by atoms with Gasteiger partial charge in [-0.2, -0.15) is 0 Å². The van der Waals surface area contributed by atoms with Crippen LogP contribution in [0.2, 0.25) is 0 Å². The molecule has 72 valence electrons. The summed E-state index contributed by atoms with van der Waals surface area (Å²) in [5.74, 6) is 0. The van der Waals surface area contributed by atoms with Crippen molar-refractivity contribution in [2.24, 2.45) is 0 Å². The van der Waals surface area contributed by atoms with Crippen LogP contribution in [-0.2, 0) is 4.43 Å². The van der Waals surface area contributed by atoms with Crippen molar-refractivity contribution in [3.05, 3.63) is 34.9 Å². The molecule has 0 saturated heterocycles. The van der Waals surface area contributed by atoms with Crippen molar-refractivity contribution in [1.29, 1.82) is 0 Å². The van der Waals surface area contributed by atoms with Gasteiger partial charge in [-0.05, 0) is 37.0 Å². The summed E-state index contributed by atoms with van der Waals surface area (Å²) in [6.07, 6.45) is 1.37. The van der Waals surface area contributed by atoms with E-state index in [1.165, 1.54) is 16.7 Å². The first-order chi connectivity index (χ1) is 6.20. The van der Waals surface area contributed by atoms with Crippen LogP contribution in [0.15, 0.2) is 18.2 Å². The molecule has 0 spiro atoms. The fraction of sp³-hybridized carbons (Fsp3) is 0.455. The van der Waals surface area contributed by atoms with Gasteiger partial charge in [-0.3, -0.25) is 0 Å². The van der Waals surface area contributed by atoms with Crippen molar-refractivity contribution >= 4 is 10.5 Å². The molecule has 0 N–H and O–H groups in total. The van der Waals surface area contributed by atoms with Crippen LogP contribution in [0.1, 0.15) is 36.1 Å². The van der Waals surface area contributed by atoms with E-state index in [0.29, 0.717) is 6.10 Å². The first-order valence-electron chi connectivity index (χ1n) is 4.79. The predicted octanol–water partition coefficient (Wildman–Crippen LogP) is 2.05. The number of rotatable bonds is 3. The summed E-state index contributed by atoms with van der Waals surface area (Å²) >= 11 is 0. The maximum atomic E-state index is 5.56. The summed E-state index contributed by atoms with van der Waals surface area (Å²) in [6.45, 7) is 6.50. The summed E-state index contributed by atoms with van der Waals surface area (Å²) in [6, 6.07) is 6.44. The molecule has 2 heteroatoms. The Morgan fingerprint density at radius 2 is 2.08 bits per heavy atom. The predicted molar refractivity (Wildman–Crippen MR) is 60.0 cm³/mol. The third-order valence-electron chi connectivity index (χ3n) is 2.65. The summed E-state index contributed by atoms with van der Waals surface area (Å²) < 4.78 is 5.56. The van der Waals surface area contributed by atoms with Gasteiger partial charge in [-0.1, -0.05) is 25.1 Å². The van der Waals surface area contributed by atoms with Crippen LogP contribution in [0.4, 0.5) is 0 Å². The maximum absolute atomic E-state index is 5.56. The van der Waals surface area contributed by atoms with Crippen LogP contribution in [0.5, 0.6) is 0 Å². The largest absolute Gasteiger partial charge is 0.421 e. The zero-order chi connectivity index (χ0) is 9.84. The molecular weight excluding hydrogens is 176 g/mol. The lowest BCUT2D eigenvalue weighted by Crippen LogP contribution is -2.03. The third-order valence-corrected chi connectivity index (χ3v) is 3.22. The number of hydrogen-bond acceptors (Lipinski definition) is 1. The molecule has 1 unspecified atom stereocenters. The third kappa shape index (κ3) is 2.20. The van der Waals surface area contributed by atoms with Crippen molar-refractivity contribution in [2.75, 3.05) is 0 Å². The van der Waals surface area contributed by atoms with Gasteiger partial charge in [0.2, 0.25) is 0 Å². The molecule has 0 radical (unpaired) electrons. The minimum atomic E-state index is 0.312. The average Bonchev–Trinajstić information content (AvgIpc) is 2.14. The highest BCUT2D eigenvalue weighted by atomic mass is 28.2. The fourth-order valence-corrected chi connectivity index (χ4v) is 2.22. The Morgan fingerprint density at radius 3 is 2.62 bits per heavy atom. The molecule has 0 heterocycles. The van der Waals surface area contributed by atoms with E-state index >= 15 is 0 Å². The minimum Gasteiger partial charge on any atom is -0.421 e. The first kappa shape index (κ1) is 10.5. The average molecular weight is 194 g/mol. The van der Waals surface area contributed by atoms with Gasteiger partial charge in [0.05, 0.1) is 6.10 Å². The second-order valence-electron chi connectivity index (χ2n) is 3.42. The second-order valence-corrected chi connectivity index (χ2v) is 3.89. The lowest BCUT2D eigenvalue weighted by molar-refractivity contribution is 0.221. The standard InChI is InChI=1S/C11H18OSi/c1-4-11(12-13)10-7-5-6-8(2)9(10)3/h5-7,11H,4H2,1-3,13H3. The quantitative estimate of drug-likeness (QED) is 0.669. The van der Waals surface area contributed by atoms with Gasteiger partial charge in [-0.15, -0.1) is 0 Å². The fourth-order valence-electron chi connectivity index (χ4n) is 1.64. The Kier molecular flexibility index (Phi) is 3.69. The number of hydrogen-bond donors (Lipinski definition) is 0. The smallest absolute Gasteiger partial charge is 0.146 e. The molecule has 0 bridgehead atoms. The Labute approximate surface area is 83.7 Å². The van der Waals surface area contributed by atoms with Crippen LogP contribution >= 0.6 is 0 Å². The molecule has 0 saturated carbocycles. The molecule has 0 aromatic heterocycles. The highest BCUT2D eigenvalue weighted by Crippen LogP contribution is 2.24. The lowest BCUT2D eigenvalue weighted by Gasteiger charge is -2.17. The highest BCUT2D eigenvalue weighted by molar-refractivity contribution is 5.98. The van der Waals surface area contributed by atoms with Gasteiger partial charge in [0.25, 0.3) is 0 Å². The van der Waals surface area contributed by atoms with E-state index in [4.69, 9.17) is 4.43 Å². The Bertz CT molecular complexity index is 279. The summed E-state index contributed by atoms with van der Waals surface area (Å²) in [5.41, 5.74) is 4.09. The molecule has 1 aromatic rings. The molecule has 0 amide bonds. The number of benzene rings is 1. The summed E-state index contributed by atoms with van der Waals surface area (Å²) in [5, 5.41) is 0. The Hall–Kier alpha value is -0.603. The van der Waals surface area contributed by atoms with Crippen LogP contribution in [-0.4, -0.2) is 10.5 Å². The molecule has 1 atom stereocenters. The topological polar surface area (TPSA) is 9.23 Å². The lowest BCUT2D eigenvalue weighted by atomic mass is 9.98. The monoisotopic (exact) mass is 194 g/mol. The van der Waals surface area contributed by atoms with E-state index in [-0.39, 0.29) is 0 Å². The van der Waals surface area contributed by atoms with Gasteiger partial charge in [0.1, 0.15) is 10.5 Å². The Balaban J connectivity index is 3.05. The molecule has 0 aliphatic heterocycles. The first-order valence-corrected chi connectivity index (χ1v) is 5.61. The Morgan fingerprint density at radius 1 is 1.38 bits per heavy atom. The molecule has 1 rings (SSSR count). The zero-order valence-electron chi connectivity index (χ0n) is 8.92. The van der Waals surface area contributed by atoms with E-state index < -0.39 is 0 Å². The van der Waals surface area contributed by atoms with Crippen LogP contribution in [0.3, 0.4) is 0 Å². The van der Waals surface area contributed by atoms with Gasteiger partial charge in [0, 0.05) is 0 Å².